The topological polar surface area (TPSA) is 46.5 Å². The fourth-order valence-electron chi connectivity index (χ4n) is 6.19. The zero-order valence-electron chi connectivity index (χ0n) is 25.2. The van der Waals surface area contributed by atoms with Crippen LogP contribution in [-0.2, 0) is 22.4 Å². The summed E-state index contributed by atoms with van der Waals surface area (Å²) in [4.78, 5) is 12.0. The van der Waals surface area contributed by atoms with Gasteiger partial charge in [0.25, 0.3) is 0 Å². The molecule has 3 aromatic carbocycles. The van der Waals surface area contributed by atoms with Crippen LogP contribution in [0.2, 0.25) is 0 Å². The summed E-state index contributed by atoms with van der Waals surface area (Å²) in [6.07, 6.45) is 13.2. The molecule has 41 heavy (non-hydrogen) atoms. The molecule has 0 saturated heterocycles. The summed E-state index contributed by atoms with van der Waals surface area (Å²) >= 11 is 0. The van der Waals surface area contributed by atoms with Crippen molar-refractivity contribution in [3.05, 3.63) is 95.6 Å². The summed E-state index contributed by atoms with van der Waals surface area (Å²) in [5.74, 6) is 1.27. The quantitative estimate of drug-likeness (QED) is 0.123. The number of rotatable bonds is 14. The lowest BCUT2D eigenvalue weighted by atomic mass is 9.77. The summed E-state index contributed by atoms with van der Waals surface area (Å²) < 4.78 is 5.46. The minimum Gasteiger partial charge on any atom is -0.462 e. The van der Waals surface area contributed by atoms with Crippen LogP contribution in [0.5, 0.6) is 0 Å². The highest BCUT2D eigenvalue weighted by Crippen LogP contribution is 2.38. The maximum atomic E-state index is 12.0. The normalized spacial score (nSPS) is 16.9. The van der Waals surface area contributed by atoms with Crippen LogP contribution in [0, 0.1) is 5.92 Å². The Kier molecular flexibility index (Phi) is 11.8. The van der Waals surface area contributed by atoms with Gasteiger partial charge in [-0.2, -0.15) is 0 Å². The van der Waals surface area contributed by atoms with Crippen molar-refractivity contribution in [3.8, 4) is 22.3 Å². The van der Waals surface area contributed by atoms with E-state index in [0.29, 0.717) is 24.5 Å². The number of carbonyl (C=O) groups excluding carboxylic acids is 1. The predicted molar refractivity (Wildman–Crippen MR) is 171 cm³/mol. The molecule has 0 aliphatic heterocycles. The molecule has 1 N–H and O–H groups in total. The Labute approximate surface area is 247 Å². The molecule has 0 spiro atoms. The Morgan fingerprint density at radius 2 is 1.54 bits per heavy atom. The molecule has 3 nitrogen and oxygen atoms in total. The number of aryl methyl sites for hydroxylation is 1. The van der Waals surface area contributed by atoms with Gasteiger partial charge < -0.3 is 9.84 Å². The number of carbonyl (C=O) groups is 1. The van der Waals surface area contributed by atoms with E-state index in [9.17, 15) is 4.79 Å². The lowest BCUT2D eigenvalue weighted by Gasteiger charge is -2.29. The van der Waals surface area contributed by atoms with Gasteiger partial charge in [0.1, 0.15) is 0 Å². The average molecular weight is 553 g/mol. The van der Waals surface area contributed by atoms with E-state index >= 15 is 0 Å². The van der Waals surface area contributed by atoms with Crippen LogP contribution in [-0.4, -0.2) is 24.3 Å². The number of hydrogen-bond acceptors (Lipinski definition) is 3. The van der Waals surface area contributed by atoms with Crippen LogP contribution in [0.25, 0.3) is 22.3 Å². The van der Waals surface area contributed by atoms with E-state index in [2.05, 4.69) is 80.2 Å². The number of esters is 1. The largest absolute Gasteiger partial charge is 0.462 e. The van der Waals surface area contributed by atoms with Crippen molar-refractivity contribution in [1.29, 1.82) is 0 Å². The van der Waals surface area contributed by atoms with Gasteiger partial charge in [-0.25, -0.2) is 4.79 Å². The van der Waals surface area contributed by atoms with E-state index < -0.39 is 0 Å². The fraction of sp³-hybridized carbons (Fsp3) is 0.447. The molecular formula is C38H48O3. The fourth-order valence-corrected chi connectivity index (χ4v) is 6.19. The zero-order chi connectivity index (χ0) is 29.0. The minimum absolute atomic E-state index is 0.206. The van der Waals surface area contributed by atoms with Crippen molar-refractivity contribution in [2.75, 3.05) is 13.2 Å². The second-order valence-electron chi connectivity index (χ2n) is 11.9. The standard InChI is InChI=1S/C38H48O3/c1-4-5-6-8-29-10-14-31(15-11-29)32-18-20-33(21-19-32)35-22-23-37(34-16-12-30(13-17-34)9-7-25-39)36(27-35)24-26-41-38(40)28(2)3/h12-13,16-23,27,29,31,39H,2,4-11,14-15,24-26H2,1,3H3. The summed E-state index contributed by atoms with van der Waals surface area (Å²) in [5.41, 5.74) is 8.97. The molecule has 0 atom stereocenters. The highest BCUT2D eigenvalue weighted by Gasteiger charge is 2.22. The van der Waals surface area contributed by atoms with Gasteiger partial charge in [-0.3, -0.25) is 0 Å². The molecule has 0 aromatic heterocycles. The number of aliphatic hydroxyl groups excluding tert-OH is 1. The van der Waals surface area contributed by atoms with Crippen molar-refractivity contribution in [2.45, 2.75) is 90.4 Å². The first-order valence-electron chi connectivity index (χ1n) is 15.7. The smallest absolute Gasteiger partial charge is 0.333 e. The molecule has 3 heteroatoms. The van der Waals surface area contributed by atoms with Gasteiger partial charge in [-0.15, -0.1) is 0 Å². The van der Waals surface area contributed by atoms with E-state index in [4.69, 9.17) is 9.84 Å². The molecule has 218 valence electrons. The van der Waals surface area contributed by atoms with Gasteiger partial charge >= 0.3 is 5.97 Å². The third-order valence-corrected chi connectivity index (χ3v) is 8.72. The number of aliphatic hydroxyl groups is 1. The molecule has 1 fully saturated rings. The van der Waals surface area contributed by atoms with Crippen molar-refractivity contribution in [2.24, 2.45) is 5.92 Å². The third kappa shape index (κ3) is 8.91. The Hall–Kier alpha value is -3.17. The summed E-state index contributed by atoms with van der Waals surface area (Å²) in [5, 5.41) is 9.16. The van der Waals surface area contributed by atoms with Crippen molar-refractivity contribution >= 4 is 5.97 Å². The van der Waals surface area contributed by atoms with Gasteiger partial charge in [0.05, 0.1) is 6.61 Å². The SMILES string of the molecule is C=C(C)C(=O)OCCc1cc(-c2ccc(C3CCC(CCCCC)CC3)cc2)ccc1-c1ccc(CCCO)cc1. The number of hydrogen-bond donors (Lipinski definition) is 1. The first kappa shape index (κ1) is 30.8. The molecule has 0 bridgehead atoms. The van der Waals surface area contributed by atoms with Crippen molar-refractivity contribution in [3.63, 3.8) is 0 Å². The van der Waals surface area contributed by atoms with E-state index in [1.165, 1.54) is 73.6 Å². The van der Waals surface area contributed by atoms with Crippen LogP contribution in [0.4, 0.5) is 0 Å². The first-order valence-corrected chi connectivity index (χ1v) is 15.7. The number of unbranched alkanes of at least 4 members (excludes halogenated alkanes) is 2. The summed E-state index contributed by atoms with van der Waals surface area (Å²) in [6, 6.07) is 24.5. The minimum atomic E-state index is -0.346. The first-order chi connectivity index (χ1) is 20.0. The lowest BCUT2D eigenvalue weighted by Crippen LogP contribution is -2.13. The van der Waals surface area contributed by atoms with Gasteiger partial charge in [-0.1, -0.05) is 106 Å². The Morgan fingerprint density at radius 1 is 0.854 bits per heavy atom. The molecule has 1 aliphatic carbocycles. The Balaban J connectivity index is 1.48. The van der Waals surface area contributed by atoms with Crippen LogP contribution >= 0.6 is 0 Å². The summed E-state index contributed by atoms with van der Waals surface area (Å²) in [7, 11) is 0. The lowest BCUT2D eigenvalue weighted by molar-refractivity contribution is -0.138. The third-order valence-electron chi connectivity index (χ3n) is 8.72. The van der Waals surface area contributed by atoms with E-state index in [1.54, 1.807) is 6.92 Å². The van der Waals surface area contributed by atoms with Crippen LogP contribution in [0.15, 0.2) is 78.9 Å². The molecule has 1 saturated carbocycles. The maximum Gasteiger partial charge on any atom is 0.333 e. The molecule has 0 amide bonds. The van der Waals surface area contributed by atoms with Gasteiger partial charge in [0.2, 0.25) is 0 Å². The molecule has 0 heterocycles. The van der Waals surface area contributed by atoms with Crippen LogP contribution in [0.1, 0.15) is 94.2 Å². The highest BCUT2D eigenvalue weighted by atomic mass is 16.5. The summed E-state index contributed by atoms with van der Waals surface area (Å²) in [6.45, 7) is 8.19. The van der Waals surface area contributed by atoms with Crippen LogP contribution < -0.4 is 0 Å². The molecule has 0 unspecified atom stereocenters. The second kappa shape index (κ2) is 15.7. The number of benzene rings is 3. The number of ether oxygens (including phenoxy) is 1. The van der Waals surface area contributed by atoms with E-state index in [0.717, 1.165) is 35.4 Å². The highest BCUT2D eigenvalue weighted by molar-refractivity contribution is 5.87. The monoisotopic (exact) mass is 552 g/mol. The van der Waals surface area contributed by atoms with E-state index in [-0.39, 0.29) is 12.6 Å². The second-order valence-corrected chi connectivity index (χ2v) is 11.9. The molecule has 1 aliphatic rings. The Morgan fingerprint density at radius 3 is 2.20 bits per heavy atom. The molecule has 4 rings (SSSR count). The average Bonchev–Trinajstić information content (AvgIpc) is 3.01. The van der Waals surface area contributed by atoms with Gasteiger partial charge in [0.15, 0.2) is 0 Å². The van der Waals surface area contributed by atoms with E-state index in [1.807, 2.05) is 0 Å². The molecule has 0 radical (unpaired) electrons. The molecular weight excluding hydrogens is 504 g/mol. The van der Waals surface area contributed by atoms with Crippen molar-refractivity contribution in [1.82, 2.24) is 0 Å². The maximum absolute atomic E-state index is 12.0. The van der Waals surface area contributed by atoms with Crippen LogP contribution in [0.3, 0.4) is 0 Å². The van der Waals surface area contributed by atoms with Gasteiger partial charge in [0, 0.05) is 18.6 Å². The van der Waals surface area contributed by atoms with Gasteiger partial charge in [-0.05, 0) is 96.2 Å². The zero-order valence-corrected chi connectivity index (χ0v) is 25.2. The Bertz CT molecular complexity index is 1250. The molecule has 3 aromatic rings. The van der Waals surface area contributed by atoms with Crippen molar-refractivity contribution < 1.29 is 14.6 Å². The predicted octanol–water partition coefficient (Wildman–Crippen LogP) is 9.46.